The maximum Gasteiger partial charge on any atom is 0.292 e. The van der Waals surface area contributed by atoms with Gasteiger partial charge in [-0.15, -0.1) is 24.8 Å². The van der Waals surface area contributed by atoms with Gasteiger partial charge in [0.15, 0.2) is 0 Å². The van der Waals surface area contributed by atoms with E-state index in [1.54, 1.807) is 18.2 Å². The quantitative estimate of drug-likeness (QED) is 0.635. The molecule has 7 heteroatoms. The second kappa shape index (κ2) is 8.28. The highest BCUT2D eigenvalue weighted by atomic mass is 35.5. The van der Waals surface area contributed by atoms with Crippen molar-refractivity contribution in [2.24, 2.45) is 0 Å². The molecule has 0 saturated heterocycles. The molecule has 0 radical (unpaired) electrons. The van der Waals surface area contributed by atoms with Crippen molar-refractivity contribution in [3.8, 4) is 0 Å². The minimum Gasteiger partial charge on any atom is -0.395 e. The summed E-state index contributed by atoms with van der Waals surface area (Å²) in [7, 11) is 0. The van der Waals surface area contributed by atoms with Gasteiger partial charge in [0, 0.05) is 12.6 Å². The molecule has 0 unspecified atom stereocenters. The molecule has 0 aliphatic rings. The molecule has 0 bridgehead atoms. The van der Waals surface area contributed by atoms with Crippen molar-refractivity contribution in [3.63, 3.8) is 0 Å². The largest absolute Gasteiger partial charge is 0.395 e. The fraction of sp³-hybridized carbons (Fsp3) is 0.250. The van der Waals surface area contributed by atoms with Crippen molar-refractivity contribution in [1.82, 2.24) is 0 Å². The molecule has 0 aliphatic carbocycles. The summed E-state index contributed by atoms with van der Waals surface area (Å²) in [6, 6.07) is 6.32. The van der Waals surface area contributed by atoms with Crippen LogP contribution in [0.2, 0.25) is 0 Å². The molecule has 5 nitrogen and oxygen atoms in total. The molecule has 0 amide bonds. The van der Waals surface area contributed by atoms with Crippen molar-refractivity contribution in [3.05, 3.63) is 34.4 Å². The van der Waals surface area contributed by atoms with Crippen LogP contribution in [-0.4, -0.2) is 23.2 Å². The maximum atomic E-state index is 10.5. The molecular weight excluding hydrogens is 243 g/mol. The standard InChI is InChI=1S/C8H10N2O3.2ClH/c11-6-5-9-7-3-1-2-4-8(7)10(12)13;;/h1-4,9,11H,5-6H2;2*1H. The van der Waals surface area contributed by atoms with Crippen LogP contribution in [0.5, 0.6) is 0 Å². The summed E-state index contributed by atoms with van der Waals surface area (Å²) in [4.78, 5) is 10.0. The Morgan fingerprint density at radius 2 is 1.93 bits per heavy atom. The van der Waals surface area contributed by atoms with E-state index in [-0.39, 0.29) is 37.1 Å². The molecule has 15 heavy (non-hydrogen) atoms. The number of para-hydroxylation sites is 2. The number of nitrogens with zero attached hydrogens (tertiary/aromatic N) is 1. The fourth-order valence-electron chi connectivity index (χ4n) is 0.973. The Balaban J connectivity index is 0. The van der Waals surface area contributed by atoms with Gasteiger partial charge in [0.25, 0.3) is 5.69 Å². The molecule has 0 aliphatic heterocycles. The summed E-state index contributed by atoms with van der Waals surface area (Å²) in [5.74, 6) is 0. The second-order valence-corrected chi connectivity index (χ2v) is 2.42. The summed E-state index contributed by atoms with van der Waals surface area (Å²) in [6.45, 7) is 0.261. The van der Waals surface area contributed by atoms with E-state index >= 15 is 0 Å². The zero-order valence-corrected chi connectivity index (χ0v) is 9.38. The molecule has 0 atom stereocenters. The normalized spacial score (nSPS) is 8.33. The first-order valence-corrected chi connectivity index (χ1v) is 3.84. The van der Waals surface area contributed by atoms with Gasteiger partial charge in [-0.05, 0) is 6.07 Å². The summed E-state index contributed by atoms with van der Waals surface area (Å²) in [5, 5.41) is 21.8. The van der Waals surface area contributed by atoms with Crippen LogP contribution in [-0.2, 0) is 0 Å². The lowest BCUT2D eigenvalue weighted by Gasteiger charge is -2.03. The van der Waals surface area contributed by atoms with Crippen molar-refractivity contribution >= 4 is 36.2 Å². The van der Waals surface area contributed by atoms with Gasteiger partial charge in [-0.2, -0.15) is 0 Å². The molecule has 0 fully saturated rings. The minimum absolute atomic E-state index is 0. The van der Waals surface area contributed by atoms with Gasteiger partial charge >= 0.3 is 0 Å². The third kappa shape index (κ3) is 4.83. The molecule has 0 heterocycles. The third-order valence-electron chi connectivity index (χ3n) is 1.53. The molecule has 2 N–H and O–H groups in total. The number of benzene rings is 1. The predicted molar refractivity (Wildman–Crippen MR) is 63.2 cm³/mol. The van der Waals surface area contributed by atoms with Gasteiger partial charge in [0.2, 0.25) is 0 Å². The number of nitro benzene ring substituents is 1. The summed E-state index contributed by atoms with van der Waals surface area (Å²) >= 11 is 0. The zero-order valence-electron chi connectivity index (χ0n) is 7.75. The average molecular weight is 255 g/mol. The smallest absolute Gasteiger partial charge is 0.292 e. The summed E-state index contributed by atoms with van der Waals surface area (Å²) < 4.78 is 0. The van der Waals surface area contributed by atoms with Gasteiger partial charge < -0.3 is 10.4 Å². The number of halogens is 2. The van der Waals surface area contributed by atoms with Crippen molar-refractivity contribution in [1.29, 1.82) is 0 Å². The van der Waals surface area contributed by atoms with E-state index < -0.39 is 4.92 Å². The van der Waals surface area contributed by atoms with Crippen LogP contribution in [0.4, 0.5) is 11.4 Å². The van der Waals surface area contributed by atoms with E-state index in [0.717, 1.165) is 0 Å². The van der Waals surface area contributed by atoms with Crippen molar-refractivity contribution in [2.45, 2.75) is 0 Å². The highest BCUT2D eigenvalue weighted by Gasteiger charge is 2.10. The molecule has 1 rings (SSSR count). The van der Waals surface area contributed by atoms with Crippen LogP contribution in [0.25, 0.3) is 0 Å². The van der Waals surface area contributed by atoms with Gasteiger partial charge in [-0.1, -0.05) is 12.1 Å². The van der Waals surface area contributed by atoms with Crippen LogP contribution < -0.4 is 5.32 Å². The van der Waals surface area contributed by atoms with Gasteiger partial charge in [0.05, 0.1) is 11.5 Å². The maximum absolute atomic E-state index is 10.5. The van der Waals surface area contributed by atoms with E-state index in [1.807, 2.05) is 0 Å². The van der Waals surface area contributed by atoms with E-state index in [2.05, 4.69) is 5.32 Å². The summed E-state index contributed by atoms with van der Waals surface area (Å²) in [5.41, 5.74) is 0.456. The number of aliphatic hydroxyl groups excluding tert-OH is 1. The van der Waals surface area contributed by atoms with E-state index in [4.69, 9.17) is 5.11 Å². The Labute approximate surface area is 99.5 Å². The Morgan fingerprint density at radius 1 is 1.33 bits per heavy atom. The Morgan fingerprint density at radius 3 is 2.47 bits per heavy atom. The Kier molecular flexibility index (Phi) is 9.05. The fourth-order valence-corrected chi connectivity index (χ4v) is 0.973. The first-order valence-electron chi connectivity index (χ1n) is 3.84. The highest BCUT2D eigenvalue weighted by molar-refractivity contribution is 5.85. The van der Waals surface area contributed by atoms with E-state index in [1.165, 1.54) is 6.07 Å². The lowest BCUT2D eigenvalue weighted by Crippen LogP contribution is -2.07. The molecule has 0 spiro atoms. The Bertz CT molecular complexity index is 310. The second-order valence-electron chi connectivity index (χ2n) is 2.42. The third-order valence-corrected chi connectivity index (χ3v) is 1.53. The average Bonchev–Trinajstić information content (AvgIpc) is 2.15. The first kappa shape index (κ1) is 16.4. The van der Waals surface area contributed by atoms with Gasteiger partial charge in [0.1, 0.15) is 5.69 Å². The van der Waals surface area contributed by atoms with E-state index in [9.17, 15) is 10.1 Å². The number of hydrogen-bond acceptors (Lipinski definition) is 4. The van der Waals surface area contributed by atoms with Crippen LogP contribution >= 0.6 is 24.8 Å². The molecule has 0 saturated carbocycles. The minimum atomic E-state index is -0.459. The molecule has 1 aromatic rings. The van der Waals surface area contributed by atoms with Gasteiger partial charge in [-0.25, -0.2) is 0 Å². The molecule has 1 aromatic carbocycles. The lowest BCUT2D eigenvalue weighted by molar-refractivity contribution is -0.384. The number of nitrogens with one attached hydrogen (secondary N) is 1. The SMILES string of the molecule is Cl.Cl.O=[N+]([O-])c1ccccc1NCCO. The van der Waals surface area contributed by atoms with Crippen LogP contribution in [0.15, 0.2) is 24.3 Å². The number of rotatable bonds is 4. The van der Waals surface area contributed by atoms with Crippen molar-refractivity contribution < 1.29 is 10.0 Å². The number of nitro groups is 1. The molecular formula is C8H12Cl2N2O3. The Hall–Kier alpha value is -1.04. The predicted octanol–water partition coefficient (Wildman–Crippen LogP) is 1.84. The zero-order chi connectivity index (χ0) is 9.68. The number of anilines is 1. The summed E-state index contributed by atoms with van der Waals surface area (Å²) in [6.07, 6.45) is 0. The lowest BCUT2D eigenvalue weighted by atomic mass is 10.2. The topological polar surface area (TPSA) is 75.4 Å². The monoisotopic (exact) mass is 254 g/mol. The van der Waals surface area contributed by atoms with E-state index in [0.29, 0.717) is 12.2 Å². The van der Waals surface area contributed by atoms with Crippen molar-refractivity contribution in [2.75, 3.05) is 18.5 Å². The number of aliphatic hydroxyl groups is 1. The number of hydrogen-bond donors (Lipinski definition) is 2. The van der Waals surface area contributed by atoms with Crippen LogP contribution in [0.1, 0.15) is 0 Å². The van der Waals surface area contributed by atoms with Crippen LogP contribution in [0, 0.1) is 10.1 Å². The highest BCUT2D eigenvalue weighted by Crippen LogP contribution is 2.22. The first-order chi connectivity index (χ1) is 6.25. The molecule has 0 aromatic heterocycles. The van der Waals surface area contributed by atoms with Gasteiger partial charge in [-0.3, -0.25) is 10.1 Å². The van der Waals surface area contributed by atoms with Crippen LogP contribution in [0.3, 0.4) is 0 Å². The molecule has 86 valence electrons.